The number of carbonyl (C=O) groups is 2. The summed E-state index contributed by atoms with van der Waals surface area (Å²) in [6.45, 7) is 2.46. The highest BCUT2D eigenvalue weighted by Gasteiger charge is 2.20. The van der Waals surface area contributed by atoms with Gasteiger partial charge < -0.3 is 25.2 Å². The highest BCUT2D eigenvalue weighted by molar-refractivity contribution is 6.01. The third-order valence-corrected chi connectivity index (χ3v) is 7.25. The molecule has 10 nitrogen and oxygen atoms in total. The van der Waals surface area contributed by atoms with E-state index in [2.05, 4.69) is 20.5 Å². The molecule has 2 N–H and O–H groups in total. The number of pyridine rings is 1. The Hall–Kier alpha value is -5.42. The lowest BCUT2D eigenvalue weighted by atomic mass is 10.0. The minimum absolute atomic E-state index is 0.141. The van der Waals surface area contributed by atoms with E-state index in [1.54, 1.807) is 62.9 Å². The number of halogens is 1. The van der Waals surface area contributed by atoms with Gasteiger partial charge in [0.25, 0.3) is 5.91 Å². The number of urea groups is 1. The summed E-state index contributed by atoms with van der Waals surface area (Å²) in [6.07, 6.45) is 3.51. The molecule has 11 heteroatoms. The number of ether oxygens (including phenoxy) is 1. The number of anilines is 3. The molecule has 5 aromatic rings. The van der Waals surface area contributed by atoms with Gasteiger partial charge >= 0.3 is 6.03 Å². The zero-order valence-electron chi connectivity index (χ0n) is 24.3. The largest absolute Gasteiger partial charge is 0.378 e. The quantitative estimate of drug-likeness (QED) is 0.261. The van der Waals surface area contributed by atoms with E-state index in [1.807, 2.05) is 30.3 Å². The van der Waals surface area contributed by atoms with E-state index >= 15 is 4.39 Å². The fourth-order valence-electron chi connectivity index (χ4n) is 4.98. The topological polar surface area (TPSA) is 113 Å². The number of amides is 3. The van der Waals surface area contributed by atoms with Crippen molar-refractivity contribution in [1.29, 1.82) is 0 Å². The summed E-state index contributed by atoms with van der Waals surface area (Å²) in [4.78, 5) is 42.1. The van der Waals surface area contributed by atoms with Crippen molar-refractivity contribution in [3.8, 4) is 22.5 Å². The van der Waals surface area contributed by atoms with Gasteiger partial charge in [0.05, 0.1) is 24.3 Å². The number of fused-ring (bicyclic) bond motifs is 1. The van der Waals surface area contributed by atoms with Crippen LogP contribution in [0, 0.1) is 5.82 Å². The monoisotopic (exact) mass is 591 g/mol. The smallest absolute Gasteiger partial charge is 0.323 e. The first kappa shape index (κ1) is 28.7. The average molecular weight is 592 g/mol. The van der Waals surface area contributed by atoms with Crippen molar-refractivity contribution >= 4 is 40.0 Å². The van der Waals surface area contributed by atoms with E-state index in [0.29, 0.717) is 48.9 Å². The molecule has 1 aliphatic heterocycles. The van der Waals surface area contributed by atoms with Crippen molar-refractivity contribution < 1.29 is 18.7 Å². The van der Waals surface area contributed by atoms with Crippen LogP contribution in [0.1, 0.15) is 10.4 Å². The highest BCUT2D eigenvalue weighted by atomic mass is 19.1. The predicted octanol–water partition coefficient (Wildman–Crippen LogP) is 5.68. The average Bonchev–Trinajstić information content (AvgIpc) is 3.05. The molecule has 0 unspecified atom stereocenters. The van der Waals surface area contributed by atoms with Crippen molar-refractivity contribution in [1.82, 2.24) is 19.9 Å². The van der Waals surface area contributed by atoms with Crippen LogP contribution in [0.5, 0.6) is 0 Å². The van der Waals surface area contributed by atoms with Crippen LogP contribution >= 0.6 is 0 Å². The van der Waals surface area contributed by atoms with Gasteiger partial charge in [-0.25, -0.2) is 19.2 Å². The Morgan fingerprint density at radius 3 is 2.34 bits per heavy atom. The standard InChI is InChI=1S/C33H30FN7O3/c1-40(2)32(42)21-5-8-24(9-6-21)36-33(43)37-25-10-12-26(28(34)19-25)30-38-29-18-22(23-4-3-13-35-20-23)7-11-27(29)31(39-30)41-14-16-44-17-15-41/h3-13,18-20H,14-17H2,1-2H3,(H2,36,37,43). The zero-order chi connectivity index (χ0) is 30.6. The molecular formula is C33H30FN7O3. The van der Waals surface area contributed by atoms with Crippen LogP contribution in [0.15, 0.2) is 85.2 Å². The molecule has 3 heterocycles. The molecule has 3 amide bonds. The fraction of sp³-hybridized carbons (Fsp3) is 0.182. The Labute approximate surface area is 253 Å². The number of hydrogen-bond donors (Lipinski definition) is 2. The number of aromatic nitrogens is 3. The summed E-state index contributed by atoms with van der Waals surface area (Å²) in [5.74, 6) is 0.233. The Morgan fingerprint density at radius 1 is 0.886 bits per heavy atom. The third kappa shape index (κ3) is 6.18. The summed E-state index contributed by atoms with van der Waals surface area (Å²) in [5, 5.41) is 6.20. The lowest BCUT2D eigenvalue weighted by Crippen LogP contribution is -2.37. The molecule has 44 heavy (non-hydrogen) atoms. The van der Waals surface area contributed by atoms with Crippen molar-refractivity contribution in [2.24, 2.45) is 0 Å². The van der Waals surface area contributed by atoms with Gasteiger partial charge in [-0.05, 0) is 66.2 Å². The molecule has 0 atom stereocenters. The minimum Gasteiger partial charge on any atom is -0.378 e. The third-order valence-electron chi connectivity index (χ3n) is 7.25. The fourth-order valence-corrected chi connectivity index (χ4v) is 4.98. The van der Waals surface area contributed by atoms with Gasteiger partial charge in [-0.15, -0.1) is 0 Å². The summed E-state index contributed by atoms with van der Waals surface area (Å²) < 4.78 is 21.1. The van der Waals surface area contributed by atoms with Crippen LogP contribution in [0.4, 0.5) is 26.4 Å². The van der Waals surface area contributed by atoms with Gasteiger partial charge in [-0.1, -0.05) is 12.1 Å². The van der Waals surface area contributed by atoms with Crippen LogP contribution in [0.2, 0.25) is 0 Å². The SMILES string of the molecule is CN(C)C(=O)c1ccc(NC(=O)Nc2ccc(-c3nc(N4CCOCC4)c4ccc(-c5cccnc5)cc4n3)c(F)c2)cc1. The van der Waals surface area contributed by atoms with E-state index < -0.39 is 11.8 Å². The first-order valence-electron chi connectivity index (χ1n) is 14.1. The second-order valence-electron chi connectivity index (χ2n) is 10.5. The molecular weight excluding hydrogens is 561 g/mol. The normalized spacial score (nSPS) is 13.0. The molecule has 1 saturated heterocycles. The van der Waals surface area contributed by atoms with Crippen LogP contribution < -0.4 is 15.5 Å². The molecule has 3 aromatic carbocycles. The minimum atomic E-state index is -0.579. The Morgan fingerprint density at radius 2 is 1.64 bits per heavy atom. The van der Waals surface area contributed by atoms with Gasteiger partial charge in [-0.3, -0.25) is 9.78 Å². The van der Waals surface area contributed by atoms with E-state index in [-0.39, 0.29) is 23.0 Å². The van der Waals surface area contributed by atoms with E-state index in [0.717, 1.165) is 16.5 Å². The number of morpholine rings is 1. The Bertz CT molecular complexity index is 1830. The summed E-state index contributed by atoms with van der Waals surface area (Å²) in [7, 11) is 3.34. The predicted molar refractivity (Wildman–Crippen MR) is 168 cm³/mol. The number of nitrogens with zero attached hydrogens (tertiary/aromatic N) is 5. The maximum absolute atomic E-state index is 15.6. The molecule has 222 valence electrons. The van der Waals surface area contributed by atoms with Crippen molar-refractivity contribution in [3.05, 3.63) is 96.6 Å². The highest BCUT2D eigenvalue weighted by Crippen LogP contribution is 2.32. The molecule has 1 aliphatic rings. The van der Waals surface area contributed by atoms with Crippen LogP contribution in [-0.4, -0.2) is 72.2 Å². The van der Waals surface area contributed by atoms with Gasteiger partial charge in [0, 0.05) is 67.5 Å². The second kappa shape index (κ2) is 12.4. The Kier molecular flexibility index (Phi) is 8.11. The van der Waals surface area contributed by atoms with Gasteiger partial charge in [-0.2, -0.15) is 0 Å². The number of carbonyl (C=O) groups excluding carboxylic acids is 2. The molecule has 2 aromatic heterocycles. The van der Waals surface area contributed by atoms with Gasteiger partial charge in [0.1, 0.15) is 11.6 Å². The van der Waals surface area contributed by atoms with Crippen LogP contribution in [-0.2, 0) is 4.74 Å². The number of benzene rings is 3. The maximum Gasteiger partial charge on any atom is 0.323 e. The lowest BCUT2D eigenvalue weighted by Gasteiger charge is -2.29. The first-order valence-corrected chi connectivity index (χ1v) is 14.1. The second-order valence-corrected chi connectivity index (χ2v) is 10.5. The lowest BCUT2D eigenvalue weighted by molar-refractivity contribution is 0.0827. The summed E-state index contributed by atoms with van der Waals surface area (Å²) >= 11 is 0. The molecule has 1 fully saturated rings. The Balaban J connectivity index is 1.27. The maximum atomic E-state index is 15.6. The van der Waals surface area contributed by atoms with Crippen LogP contribution in [0.3, 0.4) is 0 Å². The molecule has 0 saturated carbocycles. The van der Waals surface area contributed by atoms with E-state index in [4.69, 9.17) is 14.7 Å². The summed E-state index contributed by atoms with van der Waals surface area (Å²) in [6, 6.07) is 20.2. The van der Waals surface area contributed by atoms with Crippen molar-refractivity contribution in [3.63, 3.8) is 0 Å². The van der Waals surface area contributed by atoms with Gasteiger partial charge in [0.2, 0.25) is 0 Å². The van der Waals surface area contributed by atoms with Crippen molar-refractivity contribution in [2.75, 3.05) is 55.9 Å². The first-order chi connectivity index (χ1) is 21.4. The number of nitrogens with one attached hydrogen (secondary N) is 2. The molecule has 0 bridgehead atoms. The molecule has 0 aliphatic carbocycles. The zero-order valence-corrected chi connectivity index (χ0v) is 24.3. The van der Waals surface area contributed by atoms with Crippen LogP contribution in [0.25, 0.3) is 33.4 Å². The van der Waals surface area contributed by atoms with Crippen molar-refractivity contribution in [2.45, 2.75) is 0 Å². The number of rotatable bonds is 6. The molecule has 6 rings (SSSR count). The number of hydrogen-bond acceptors (Lipinski definition) is 7. The van der Waals surface area contributed by atoms with Gasteiger partial charge in [0.15, 0.2) is 5.82 Å². The van der Waals surface area contributed by atoms with E-state index in [9.17, 15) is 9.59 Å². The summed E-state index contributed by atoms with van der Waals surface area (Å²) in [5.41, 5.74) is 4.02. The van der Waals surface area contributed by atoms with E-state index in [1.165, 1.54) is 11.0 Å². The molecule has 0 spiro atoms. The molecule has 0 radical (unpaired) electrons.